The van der Waals surface area contributed by atoms with Gasteiger partial charge in [0.1, 0.15) is 5.01 Å². The van der Waals surface area contributed by atoms with E-state index in [2.05, 4.69) is 46.7 Å². The van der Waals surface area contributed by atoms with Crippen molar-refractivity contribution in [1.82, 2.24) is 9.88 Å². The molecule has 2 aromatic rings. The number of thiazole rings is 1. The van der Waals surface area contributed by atoms with E-state index in [-0.39, 0.29) is 6.04 Å². The van der Waals surface area contributed by atoms with Crippen LogP contribution in [-0.4, -0.2) is 23.0 Å². The molecule has 2 unspecified atom stereocenters. The minimum absolute atomic E-state index is 0.0348. The van der Waals surface area contributed by atoms with E-state index in [1.54, 1.807) is 11.3 Å². The first-order valence-corrected chi connectivity index (χ1v) is 8.24. The van der Waals surface area contributed by atoms with E-state index in [1.807, 2.05) is 18.3 Å². The molecule has 2 rings (SSSR count). The van der Waals surface area contributed by atoms with Crippen LogP contribution in [0.25, 0.3) is 0 Å². The van der Waals surface area contributed by atoms with Crippen molar-refractivity contribution in [3.05, 3.63) is 38.5 Å². The summed E-state index contributed by atoms with van der Waals surface area (Å²) in [6, 6.07) is 4.86. The molecular formula is C14H21N3S2. The second-order valence-electron chi connectivity index (χ2n) is 5.01. The average Bonchev–Trinajstić information content (AvgIpc) is 2.99. The summed E-state index contributed by atoms with van der Waals surface area (Å²) >= 11 is 3.48. The standard InChI is InChI=1S/C14H21N3S2/c1-10(7-13-5-4-6-18-13)17(3)8-12-9-19-14(16-12)11(2)15/h4-6,9-11H,7-8,15H2,1-3H3. The number of likely N-dealkylation sites (N-methyl/N-ethyl adjacent to an activating group) is 1. The Morgan fingerprint density at radius 2 is 2.16 bits per heavy atom. The number of nitrogens with zero attached hydrogens (tertiary/aromatic N) is 2. The zero-order valence-corrected chi connectivity index (χ0v) is 13.3. The Balaban J connectivity index is 1.90. The SMILES string of the molecule is CC(N)c1nc(CN(C)C(C)Cc2cccs2)cs1. The molecule has 0 fully saturated rings. The van der Waals surface area contributed by atoms with Crippen molar-refractivity contribution in [3.8, 4) is 0 Å². The largest absolute Gasteiger partial charge is 0.322 e. The van der Waals surface area contributed by atoms with Crippen molar-refractivity contribution in [2.75, 3.05) is 7.05 Å². The number of aromatic nitrogens is 1. The van der Waals surface area contributed by atoms with Gasteiger partial charge in [0, 0.05) is 22.8 Å². The Morgan fingerprint density at radius 3 is 2.74 bits per heavy atom. The minimum atomic E-state index is 0.0348. The van der Waals surface area contributed by atoms with E-state index in [4.69, 9.17) is 5.73 Å². The Hall–Kier alpha value is -0.750. The molecule has 0 aliphatic carbocycles. The first-order valence-electron chi connectivity index (χ1n) is 6.48. The number of thiophene rings is 1. The van der Waals surface area contributed by atoms with Crippen LogP contribution in [0.4, 0.5) is 0 Å². The van der Waals surface area contributed by atoms with Crippen LogP contribution in [0.5, 0.6) is 0 Å². The van der Waals surface area contributed by atoms with Gasteiger partial charge in [0.15, 0.2) is 0 Å². The van der Waals surface area contributed by atoms with Crippen molar-refractivity contribution in [2.24, 2.45) is 5.73 Å². The Labute approximate surface area is 123 Å². The highest BCUT2D eigenvalue weighted by atomic mass is 32.1. The van der Waals surface area contributed by atoms with Gasteiger partial charge in [0.25, 0.3) is 0 Å². The third-order valence-corrected chi connectivity index (χ3v) is 5.19. The summed E-state index contributed by atoms with van der Waals surface area (Å²) in [5.41, 5.74) is 6.97. The van der Waals surface area contributed by atoms with Gasteiger partial charge in [-0.05, 0) is 38.8 Å². The van der Waals surface area contributed by atoms with Crippen molar-refractivity contribution >= 4 is 22.7 Å². The van der Waals surface area contributed by atoms with Gasteiger partial charge in [0.05, 0.1) is 11.7 Å². The second-order valence-corrected chi connectivity index (χ2v) is 6.94. The van der Waals surface area contributed by atoms with Crippen LogP contribution in [0.1, 0.15) is 35.5 Å². The summed E-state index contributed by atoms with van der Waals surface area (Å²) in [5.74, 6) is 0. The molecule has 0 aromatic carbocycles. The predicted molar refractivity (Wildman–Crippen MR) is 83.7 cm³/mol. The number of hydrogen-bond acceptors (Lipinski definition) is 5. The monoisotopic (exact) mass is 295 g/mol. The van der Waals surface area contributed by atoms with Crippen molar-refractivity contribution in [2.45, 2.75) is 38.9 Å². The maximum atomic E-state index is 5.84. The van der Waals surface area contributed by atoms with E-state index in [9.17, 15) is 0 Å². The molecule has 104 valence electrons. The summed E-state index contributed by atoms with van der Waals surface area (Å²) in [6.45, 7) is 5.13. The van der Waals surface area contributed by atoms with Crippen LogP contribution in [0.3, 0.4) is 0 Å². The van der Waals surface area contributed by atoms with Crippen LogP contribution in [0.2, 0.25) is 0 Å². The van der Waals surface area contributed by atoms with Crippen molar-refractivity contribution in [3.63, 3.8) is 0 Å². The van der Waals surface area contributed by atoms with Gasteiger partial charge in [-0.1, -0.05) is 6.07 Å². The lowest BCUT2D eigenvalue weighted by Crippen LogP contribution is -2.30. The molecule has 2 heterocycles. The first-order chi connectivity index (χ1) is 9.06. The molecule has 5 heteroatoms. The fourth-order valence-electron chi connectivity index (χ4n) is 1.89. The van der Waals surface area contributed by atoms with Crippen molar-refractivity contribution in [1.29, 1.82) is 0 Å². The van der Waals surface area contributed by atoms with E-state index >= 15 is 0 Å². The van der Waals surface area contributed by atoms with E-state index in [0.717, 1.165) is 23.7 Å². The zero-order chi connectivity index (χ0) is 13.8. The lowest BCUT2D eigenvalue weighted by atomic mass is 10.2. The van der Waals surface area contributed by atoms with Crippen LogP contribution in [-0.2, 0) is 13.0 Å². The highest BCUT2D eigenvalue weighted by Gasteiger charge is 2.13. The topological polar surface area (TPSA) is 42.1 Å². The Morgan fingerprint density at radius 1 is 1.37 bits per heavy atom. The third kappa shape index (κ3) is 4.11. The van der Waals surface area contributed by atoms with Gasteiger partial charge in [-0.2, -0.15) is 0 Å². The summed E-state index contributed by atoms with van der Waals surface area (Å²) in [4.78, 5) is 8.37. The molecule has 19 heavy (non-hydrogen) atoms. The molecule has 0 amide bonds. The smallest absolute Gasteiger partial charge is 0.109 e. The second kappa shape index (κ2) is 6.61. The highest BCUT2D eigenvalue weighted by molar-refractivity contribution is 7.10. The van der Waals surface area contributed by atoms with Gasteiger partial charge in [-0.3, -0.25) is 4.90 Å². The Bertz CT molecular complexity index is 491. The summed E-state index contributed by atoms with van der Waals surface area (Å²) < 4.78 is 0. The molecule has 2 N–H and O–H groups in total. The normalized spacial score (nSPS) is 14.8. The quantitative estimate of drug-likeness (QED) is 0.889. The van der Waals surface area contributed by atoms with Gasteiger partial charge in [-0.15, -0.1) is 22.7 Å². The lowest BCUT2D eigenvalue weighted by Gasteiger charge is -2.23. The predicted octanol–water partition coefficient (Wildman–Crippen LogP) is 3.29. The molecule has 0 aliphatic rings. The fraction of sp³-hybridized carbons (Fsp3) is 0.500. The van der Waals surface area contributed by atoms with Crippen molar-refractivity contribution < 1.29 is 0 Å². The molecular weight excluding hydrogens is 274 g/mol. The average molecular weight is 295 g/mol. The molecule has 2 atom stereocenters. The summed E-state index contributed by atoms with van der Waals surface area (Å²) in [6.07, 6.45) is 1.10. The first kappa shape index (κ1) is 14.7. The fourth-order valence-corrected chi connectivity index (χ4v) is 3.49. The van der Waals surface area contributed by atoms with Crippen LogP contribution in [0.15, 0.2) is 22.9 Å². The van der Waals surface area contributed by atoms with Crippen LogP contribution >= 0.6 is 22.7 Å². The number of nitrogens with two attached hydrogens (primary N) is 1. The van der Waals surface area contributed by atoms with Gasteiger partial charge in [-0.25, -0.2) is 4.98 Å². The minimum Gasteiger partial charge on any atom is -0.322 e. The van der Waals surface area contributed by atoms with E-state index in [1.165, 1.54) is 4.88 Å². The number of rotatable bonds is 6. The van der Waals surface area contributed by atoms with Gasteiger partial charge < -0.3 is 5.73 Å². The maximum absolute atomic E-state index is 5.84. The number of hydrogen-bond donors (Lipinski definition) is 1. The molecule has 0 bridgehead atoms. The maximum Gasteiger partial charge on any atom is 0.109 e. The molecule has 0 spiro atoms. The Kier molecular flexibility index (Phi) is 5.10. The third-order valence-electron chi connectivity index (χ3n) is 3.20. The molecule has 0 aliphatic heterocycles. The molecule has 0 radical (unpaired) electrons. The molecule has 0 saturated carbocycles. The highest BCUT2D eigenvalue weighted by Crippen LogP contribution is 2.19. The van der Waals surface area contributed by atoms with Crippen LogP contribution in [0, 0.1) is 0 Å². The molecule has 3 nitrogen and oxygen atoms in total. The van der Waals surface area contributed by atoms with E-state index in [0.29, 0.717) is 6.04 Å². The molecule has 2 aromatic heterocycles. The summed E-state index contributed by atoms with van der Waals surface area (Å²) in [5, 5.41) is 5.28. The van der Waals surface area contributed by atoms with E-state index < -0.39 is 0 Å². The van der Waals surface area contributed by atoms with Gasteiger partial charge in [0.2, 0.25) is 0 Å². The summed E-state index contributed by atoms with van der Waals surface area (Å²) in [7, 11) is 2.16. The zero-order valence-electron chi connectivity index (χ0n) is 11.7. The molecule has 0 saturated heterocycles. The van der Waals surface area contributed by atoms with Crippen LogP contribution < -0.4 is 5.73 Å². The van der Waals surface area contributed by atoms with Gasteiger partial charge >= 0.3 is 0 Å². The lowest BCUT2D eigenvalue weighted by molar-refractivity contribution is 0.246.